The molecule has 2 aromatic rings. The van der Waals surface area contributed by atoms with Crippen molar-refractivity contribution in [2.45, 2.75) is 71.9 Å². The summed E-state index contributed by atoms with van der Waals surface area (Å²) in [4.78, 5) is 0. The molecule has 3 N–H and O–H groups in total. The number of hydrogen-bond donors (Lipinski definition) is 3. The SMILES string of the molecule is CCC(O)(CC)CC/C=C(/C)c1cccc(OCc2ccc(CO)c(CO)c2)c1. The van der Waals surface area contributed by atoms with Crippen LogP contribution in [0.2, 0.25) is 0 Å². The van der Waals surface area contributed by atoms with E-state index >= 15 is 0 Å². The Morgan fingerprint density at radius 2 is 1.72 bits per heavy atom. The Morgan fingerprint density at radius 1 is 1.00 bits per heavy atom. The zero-order chi connectivity index (χ0) is 21.3. The van der Waals surface area contributed by atoms with Gasteiger partial charge < -0.3 is 20.1 Å². The van der Waals surface area contributed by atoms with Crippen molar-refractivity contribution in [2.75, 3.05) is 0 Å². The highest BCUT2D eigenvalue weighted by Crippen LogP contribution is 2.25. The molecule has 0 saturated heterocycles. The summed E-state index contributed by atoms with van der Waals surface area (Å²) in [6.07, 6.45) is 5.34. The predicted octanol–water partition coefficient (Wildman–Crippen LogP) is 4.98. The Morgan fingerprint density at radius 3 is 2.38 bits per heavy atom. The first-order valence-corrected chi connectivity index (χ1v) is 10.4. The molecular formula is C25H34O4. The van der Waals surface area contributed by atoms with Crippen LogP contribution in [0.15, 0.2) is 48.5 Å². The minimum atomic E-state index is -0.569. The number of aliphatic hydroxyl groups excluding tert-OH is 2. The second-order valence-corrected chi connectivity index (χ2v) is 7.59. The van der Waals surface area contributed by atoms with Crippen molar-refractivity contribution in [3.63, 3.8) is 0 Å². The number of aliphatic hydroxyl groups is 3. The zero-order valence-electron chi connectivity index (χ0n) is 17.8. The maximum absolute atomic E-state index is 10.4. The van der Waals surface area contributed by atoms with E-state index in [1.807, 2.05) is 50.2 Å². The van der Waals surface area contributed by atoms with Gasteiger partial charge >= 0.3 is 0 Å². The highest BCUT2D eigenvalue weighted by molar-refractivity contribution is 5.64. The molecule has 0 spiro atoms. The van der Waals surface area contributed by atoms with Crippen LogP contribution >= 0.6 is 0 Å². The predicted molar refractivity (Wildman–Crippen MR) is 117 cm³/mol. The van der Waals surface area contributed by atoms with E-state index in [1.165, 1.54) is 5.57 Å². The summed E-state index contributed by atoms with van der Waals surface area (Å²) in [6, 6.07) is 13.6. The summed E-state index contributed by atoms with van der Waals surface area (Å²) >= 11 is 0. The molecule has 158 valence electrons. The van der Waals surface area contributed by atoms with E-state index in [1.54, 1.807) is 0 Å². The molecule has 0 aliphatic rings. The third-order valence-electron chi connectivity index (χ3n) is 5.68. The highest BCUT2D eigenvalue weighted by Gasteiger charge is 2.20. The minimum Gasteiger partial charge on any atom is -0.489 e. The van der Waals surface area contributed by atoms with Crippen LogP contribution in [-0.4, -0.2) is 20.9 Å². The average Bonchev–Trinajstić information content (AvgIpc) is 2.77. The van der Waals surface area contributed by atoms with Crippen molar-refractivity contribution < 1.29 is 20.1 Å². The van der Waals surface area contributed by atoms with Crippen molar-refractivity contribution in [3.05, 3.63) is 70.8 Å². The molecule has 2 aromatic carbocycles. The third-order valence-corrected chi connectivity index (χ3v) is 5.68. The van der Waals surface area contributed by atoms with Crippen LogP contribution in [0.4, 0.5) is 0 Å². The van der Waals surface area contributed by atoms with Crippen LogP contribution in [0.3, 0.4) is 0 Å². The van der Waals surface area contributed by atoms with Crippen LogP contribution in [-0.2, 0) is 19.8 Å². The van der Waals surface area contributed by atoms with Gasteiger partial charge in [-0.2, -0.15) is 0 Å². The summed E-state index contributed by atoms with van der Waals surface area (Å²) in [5.41, 5.74) is 4.10. The standard InChI is InChI=1S/C25H34O4/c1-4-25(28,5-2)13-7-8-19(3)21-9-6-10-24(15-21)29-18-20-11-12-22(16-26)23(14-20)17-27/h6,8-12,14-15,26-28H,4-5,7,13,16-18H2,1-3H3/b19-8-. The van der Waals surface area contributed by atoms with E-state index in [9.17, 15) is 15.3 Å². The van der Waals surface area contributed by atoms with Crippen LogP contribution in [0.1, 0.15) is 68.7 Å². The maximum atomic E-state index is 10.4. The van der Waals surface area contributed by atoms with Gasteiger partial charge in [0.1, 0.15) is 12.4 Å². The Balaban J connectivity index is 2.01. The summed E-state index contributed by atoms with van der Waals surface area (Å²) in [7, 11) is 0. The lowest BCUT2D eigenvalue weighted by atomic mass is 9.91. The fourth-order valence-corrected chi connectivity index (χ4v) is 3.35. The second-order valence-electron chi connectivity index (χ2n) is 7.59. The van der Waals surface area contributed by atoms with Gasteiger partial charge in [-0.1, -0.05) is 44.2 Å². The lowest BCUT2D eigenvalue weighted by Gasteiger charge is -2.24. The smallest absolute Gasteiger partial charge is 0.120 e. The average molecular weight is 399 g/mol. The van der Waals surface area contributed by atoms with Crippen molar-refractivity contribution in [2.24, 2.45) is 0 Å². The first-order chi connectivity index (χ1) is 13.9. The molecule has 0 unspecified atom stereocenters. The van der Waals surface area contributed by atoms with Crippen LogP contribution < -0.4 is 4.74 Å². The van der Waals surface area contributed by atoms with Crippen LogP contribution in [0, 0.1) is 0 Å². The van der Waals surface area contributed by atoms with Gasteiger partial charge in [-0.3, -0.25) is 0 Å². The molecule has 4 nitrogen and oxygen atoms in total. The summed E-state index contributed by atoms with van der Waals surface area (Å²) in [5, 5.41) is 29.2. The number of rotatable bonds is 11. The summed E-state index contributed by atoms with van der Waals surface area (Å²) < 4.78 is 5.94. The molecule has 0 amide bonds. The Kier molecular flexibility index (Phi) is 8.90. The van der Waals surface area contributed by atoms with Gasteiger partial charge in [0.2, 0.25) is 0 Å². The fraction of sp³-hybridized carbons (Fsp3) is 0.440. The molecule has 4 heteroatoms. The van der Waals surface area contributed by atoms with Crippen LogP contribution in [0.25, 0.3) is 5.57 Å². The maximum Gasteiger partial charge on any atom is 0.120 e. The monoisotopic (exact) mass is 398 g/mol. The van der Waals surface area contributed by atoms with Gasteiger partial charge in [-0.15, -0.1) is 0 Å². The summed E-state index contributed by atoms with van der Waals surface area (Å²) in [6.45, 7) is 6.35. The molecule has 0 heterocycles. The summed E-state index contributed by atoms with van der Waals surface area (Å²) in [5.74, 6) is 0.783. The van der Waals surface area contributed by atoms with Crippen molar-refractivity contribution in [3.8, 4) is 5.75 Å². The van der Waals surface area contributed by atoms with Crippen molar-refractivity contribution in [1.29, 1.82) is 0 Å². The van der Waals surface area contributed by atoms with Gasteiger partial charge in [-0.05, 0) is 78.6 Å². The molecule has 2 rings (SSSR count). The molecule has 0 fully saturated rings. The first-order valence-electron chi connectivity index (χ1n) is 10.4. The van der Waals surface area contributed by atoms with E-state index in [-0.39, 0.29) is 13.2 Å². The number of hydrogen-bond acceptors (Lipinski definition) is 4. The lowest BCUT2D eigenvalue weighted by molar-refractivity contribution is 0.0246. The topological polar surface area (TPSA) is 69.9 Å². The van der Waals surface area contributed by atoms with E-state index < -0.39 is 5.60 Å². The van der Waals surface area contributed by atoms with Gasteiger partial charge in [0.05, 0.1) is 18.8 Å². The Bertz CT molecular complexity index is 806. The quantitative estimate of drug-likeness (QED) is 0.499. The lowest BCUT2D eigenvalue weighted by Crippen LogP contribution is -2.25. The normalized spacial score (nSPS) is 12.3. The molecule has 29 heavy (non-hydrogen) atoms. The number of allylic oxidation sites excluding steroid dienone is 2. The van der Waals surface area contributed by atoms with Gasteiger partial charge in [0.25, 0.3) is 0 Å². The van der Waals surface area contributed by atoms with Gasteiger partial charge in [0, 0.05) is 0 Å². The second kappa shape index (κ2) is 11.1. The first kappa shape index (κ1) is 23.1. The van der Waals surface area contributed by atoms with Gasteiger partial charge in [-0.25, -0.2) is 0 Å². The Hall–Kier alpha value is -2.14. The molecule has 0 saturated carbocycles. The third kappa shape index (κ3) is 6.70. The fourth-order valence-electron chi connectivity index (χ4n) is 3.35. The van der Waals surface area contributed by atoms with E-state index in [0.29, 0.717) is 6.61 Å². The largest absolute Gasteiger partial charge is 0.489 e. The van der Waals surface area contributed by atoms with Crippen LogP contribution in [0.5, 0.6) is 5.75 Å². The molecule has 0 aliphatic carbocycles. The van der Waals surface area contributed by atoms with E-state index in [4.69, 9.17) is 4.74 Å². The van der Waals surface area contributed by atoms with E-state index in [0.717, 1.165) is 53.7 Å². The Labute approximate surface area is 174 Å². The molecule has 0 radical (unpaired) electrons. The van der Waals surface area contributed by atoms with E-state index in [2.05, 4.69) is 19.1 Å². The number of ether oxygens (including phenoxy) is 1. The van der Waals surface area contributed by atoms with Crippen molar-refractivity contribution >= 4 is 5.57 Å². The number of benzene rings is 2. The molecule has 0 atom stereocenters. The molecule has 0 aromatic heterocycles. The van der Waals surface area contributed by atoms with Crippen molar-refractivity contribution in [1.82, 2.24) is 0 Å². The molecule has 0 bridgehead atoms. The molecule has 0 aliphatic heterocycles. The van der Waals surface area contributed by atoms with Gasteiger partial charge in [0.15, 0.2) is 0 Å². The minimum absolute atomic E-state index is 0.0847. The molecular weight excluding hydrogens is 364 g/mol. The zero-order valence-corrected chi connectivity index (χ0v) is 17.8. The highest BCUT2D eigenvalue weighted by atomic mass is 16.5.